The highest BCUT2D eigenvalue weighted by atomic mass is 16.5. The van der Waals surface area contributed by atoms with Crippen LogP contribution in [0.3, 0.4) is 0 Å². The predicted molar refractivity (Wildman–Crippen MR) is 135 cm³/mol. The molecule has 0 radical (unpaired) electrons. The second-order valence-electron chi connectivity index (χ2n) is 8.82. The third kappa shape index (κ3) is 7.37. The zero-order chi connectivity index (χ0) is 24.4. The number of para-hydroxylation sites is 1. The predicted octanol–water partition coefficient (Wildman–Crippen LogP) is 5.14. The molecule has 178 valence electrons. The molecule has 1 N–H and O–H groups in total. The molecule has 0 saturated heterocycles. The van der Waals surface area contributed by atoms with E-state index in [0.717, 1.165) is 17.5 Å². The zero-order valence-corrected chi connectivity index (χ0v) is 20.2. The van der Waals surface area contributed by atoms with Gasteiger partial charge in [0.1, 0.15) is 5.75 Å². The van der Waals surface area contributed by atoms with Crippen LogP contribution in [0.5, 0.6) is 17.2 Å². The van der Waals surface area contributed by atoms with E-state index in [9.17, 15) is 4.79 Å². The average Bonchev–Trinajstić information content (AvgIpc) is 2.83. The molecule has 3 rings (SSSR count). The van der Waals surface area contributed by atoms with Crippen LogP contribution in [-0.4, -0.2) is 32.4 Å². The Morgan fingerprint density at radius 1 is 0.912 bits per heavy atom. The van der Waals surface area contributed by atoms with Crippen molar-refractivity contribution in [1.82, 2.24) is 5.43 Å². The monoisotopic (exact) mass is 460 g/mol. The Bertz CT molecular complexity index is 1100. The molecule has 0 unspecified atom stereocenters. The Labute approximate surface area is 201 Å². The fraction of sp³-hybridized carbons (Fsp3) is 0.286. The van der Waals surface area contributed by atoms with Gasteiger partial charge in [0.05, 0.1) is 19.9 Å². The second kappa shape index (κ2) is 11.9. The molecule has 6 nitrogen and oxygen atoms in total. The third-order valence-electron chi connectivity index (χ3n) is 5.14. The van der Waals surface area contributed by atoms with Gasteiger partial charge >= 0.3 is 0 Å². The molecule has 0 bridgehead atoms. The van der Waals surface area contributed by atoms with Crippen molar-refractivity contribution in [3.8, 4) is 17.2 Å². The molecule has 0 fully saturated rings. The maximum Gasteiger partial charge on any atom is 0.277 e. The molecule has 1 amide bonds. The molecule has 0 aliphatic rings. The van der Waals surface area contributed by atoms with Gasteiger partial charge in [-0.25, -0.2) is 5.43 Å². The lowest BCUT2D eigenvalue weighted by atomic mass is 9.86. The van der Waals surface area contributed by atoms with Gasteiger partial charge in [-0.3, -0.25) is 4.79 Å². The van der Waals surface area contributed by atoms with Gasteiger partial charge in [-0.1, -0.05) is 69.3 Å². The number of nitrogens with one attached hydrogen (secondary N) is 1. The highest BCUT2D eigenvalue weighted by molar-refractivity contribution is 5.83. The van der Waals surface area contributed by atoms with Gasteiger partial charge in [0.15, 0.2) is 18.1 Å². The van der Waals surface area contributed by atoms with Crippen molar-refractivity contribution in [2.24, 2.45) is 5.10 Å². The molecular formula is C28H32N2O4. The van der Waals surface area contributed by atoms with E-state index < -0.39 is 0 Å². The Morgan fingerprint density at radius 3 is 2.38 bits per heavy atom. The number of carbonyl (C=O) groups is 1. The largest absolute Gasteiger partial charge is 0.493 e. The molecule has 0 aliphatic heterocycles. The van der Waals surface area contributed by atoms with Gasteiger partial charge in [-0.2, -0.15) is 5.10 Å². The topological polar surface area (TPSA) is 69.2 Å². The lowest BCUT2D eigenvalue weighted by Crippen LogP contribution is -2.25. The molecule has 3 aromatic rings. The van der Waals surface area contributed by atoms with Crippen LogP contribution < -0.4 is 19.6 Å². The standard InChI is InChI=1S/C28H32N2O4/c1-28(2,3)23-12-8-9-13-24(23)34-20-27(31)30-29-19-22-14-15-25(26(18-22)32-4)33-17-16-21-10-6-5-7-11-21/h5-15,18-19H,16-17,20H2,1-4H3,(H,30,31)/b29-19+. The maximum absolute atomic E-state index is 12.2. The Morgan fingerprint density at radius 2 is 1.65 bits per heavy atom. The first kappa shape index (κ1) is 24.8. The number of amides is 1. The van der Waals surface area contributed by atoms with Crippen LogP contribution >= 0.6 is 0 Å². The average molecular weight is 461 g/mol. The van der Waals surface area contributed by atoms with Gasteiger partial charge < -0.3 is 14.2 Å². The minimum absolute atomic E-state index is 0.0816. The summed E-state index contributed by atoms with van der Waals surface area (Å²) in [6, 6.07) is 23.4. The van der Waals surface area contributed by atoms with Crippen LogP contribution in [0.4, 0.5) is 0 Å². The molecule has 0 aromatic heterocycles. The van der Waals surface area contributed by atoms with Gasteiger partial charge in [0.2, 0.25) is 0 Å². The summed E-state index contributed by atoms with van der Waals surface area (Å²) in [5.41, 5.74) is 5.45. The zero-order valence-electron chi connectivity index (χ0n) is 20.2. The number of methoxy groups -OCH3 is 1. The number of hydrogen-bond donors (Lipinski definition) is 1. The van der Waals surface area contributed by atoms with E-state index in [1.807, 2.05) is 60.7 Å². The molecular weight excluding hydrogens is 428 g/mol. The lowest BCUT2D eigenvalue weighted by Gasteiger charge is -2.22. The summed E-state index contributed by atoms with van der Waals surface area (Å²) in [5.74, 6) is 1.62. The van der Waals surface area contributed by atoms with E-state index in [4.69, 9.17) is 14.2 Å². The summed E-state index contributed by atoms with van der Waals surface area (Å²) < 4.78 is 17.1. The minimum atomic E-state index is -0.340. The number of ether oxygens (including phenoxy) is 3. The number of carbonyl (C=O) groups excluding carboxylic acids is 1. The molecule has 0 saturated carbocycles. The van der Waals surface area contributed by atoms with Crippen molar-refractivity contribution >= 4 is 12.1 Å². The van der Waals surface area contributed by atoms with Crippen molar-refractivity contribution in [1.29, 1.82) is 0 Å². The Balaban J connectivity index is 1.51. The summed E-state index contributed by atoms with van der Waals surface area (Å²) in [7, 11) is 1.59. The number of nitrogens with zero attached hydrogens (tertiary/aromatic N) is 1. The normalized spacial score (nSPS) is 11.3. The molecule has 0 aliphatic carbocycles. The summed E-state index contributed by atoms with van der Waals surface area (Å²) in [4.78, 5) is 12.2. The summed E-state index contributed by atoms with van der Waals surface area (Å²) >= 11 is 0. The quantitative estimate of drug-likeness (QED) is 0.336. The molecule has 0 heterocycles. The highest BCUT2D eigenvalue weighted by Crippen LogP contribution is 2.31. The van der Waals surface area contributed by atoms with E-state index in [-0.39, 0.29) is 17.9 Å². The number of rotatable bonds is 10. The third-order valence-corrected chi connectivity index (χ3v) is 5.14. The molecule has 3 aromatic carbocycles. The smallest absolute Gasteiger partial charge is 0.277 e. The number of hydrazone groups is 1. The maximum atomic E-state index is 12.2. The van der Waals surface area contributed by atoms with Crippen molar-refractivity contribution in [3.05, 3.63) is 89.5 Å². The first-order valence-corrected chi connectivity index (χ1v) is 11.3. The van der Waals surface area contributed by atoms with Crippen LogP contribution in [0.15, 0.2) is 77.9 Å². The number of hydrogen-bond acceptors (Lipinski definition) is 5. The SMILES string of the molecule is COc1cc(/C=N/NC(=O)COc2ccccc2C(C)(C)C)ccc1OCCc1ccccc1. The fourth-order valence-corrected chi connectivity index (χ4v) is 3.37. The van der Waals surface area contributed by atoms with E-state index in [0.29, 0.717) is 23.9 Å². The first-order chi connectivity index (χ1) is 16.4. The lowest BCUT2D eigenvalue weighted by molar-refractivity contribution is -0.123. The van der Waals surface area contributed by atoms with Crippen LogP contribution in [0, 0.1) is 0 Å². The fourth-order valence-electron chi connectivity index (χ4n) is 3.37. The highest BCUT2D eigenvalue weighted by Gasteiger charge is 2.18. The first-order valence-electron chi connectivity index (χ1n) is 11.3. The Kier molecular flexibility index (Phi) is 8.68. The molecule has 0 spiro atoms. The van der Waals surface area contributed by atoms with Crippen LogP contribution in [0.2, 0.25) is 0 Å². The summed E-state index contributed by atoms with van der Waals surface area (Å²) in [5, 5.41) is 4.03. The molecule has 34 heavy (non-hydrogen) atoms. The van der Waals surface area contributed by atoms with Crippen LogP contribution in [-0.2, 0) is 16.6 Å². The minimum Gasteiger partial charge on any atom is -0.493 e. The van der Waals surface area contributed by atoms with E-state index >= 15 is 0 Å². The number of benzene rings is 3. The molecule has 6 heteroatoms. The van der Waals surface area contributed by atoms with Crippen molar-refractivity contribution in [2.75, 3.05) is 20.3 Å². The van der Waals surface area contributed by atoms with Gasteiger partial charge in [0.25, 0.3) is 5.91 Å². The van der Waals surface area contributed by atoms with Gasteiger partial charge in [-0.15, -0.1) is 0 Å². The van der Waals surface area contributed by atoms with Gasteiger partial charge in [0, 0.05) is 6.42 Å². The van der Waals surface area contributed by atoms with Crippen molar-refractivity contribution < 1.29 is 19.0 Å². The second-order valence-corrected chi connectivity index (χ2v) is 8.82. The van der Waals surface area contributed by atoms with Crippen LogP contribution in [0.1, 0.15) is 37.5 Å². The van der Waals surface area contributed by atoms with E-state index in [1.54, 1.807) is 13.3 Å². The van der Waals surface area contributed by atoms with E-state index in [2.05, 4.69) is 43.4 Å². The Hall–Kier alpha value is -3.80. The van der Waals surface area contributed by atoms with E-state index in [1.165, 1.54) is 5.56 Å². The van der Waals surface area contributed by atoms with Crippen molar-refractivity contribution in [3.63, 3.8) is 0 Å². The summed E-state index contributed by atoms with van der Waals surface area (Å²) in [6.07, 6.45) is 2.36. The van der Waals surface area contributed by atoms with Crippen molar-refractivity contribution in [2.45, 2.75) is 32.6 Å². The van der Waals surface area contributed by atoms with Gasteiger partial charge in [-0.05, 0) is 46.4 Å². The molecule has 0 atom stereocenters. The van der Waals surface area contributed by atoms with Crippen LogP contribution in [0.25, 0.3) is 0 Å². The summed E-state index contributed by atoms with van der Waals surface area (Å²) in [6.45, 7) is 6.73.